The molecule has 0 spiro atoms. The lowest BCUT2D eigenvalue weighted by Gasteiger charge is -2.23. The number of carbonyl (C=O) groups is 1. The van der Waals surface area contributed by atoms with Crippen LogP contribution in [0.3, 0.4) is 0 Å². The Morgan fingerprint density at radius 3 is 2.68 bits per heavy atom. The Labute approximate surface area is 127 Å². The Morgan fingerprint density at radius 2 is 2.16 bits per heavy atom. The Balaban J connectivity index is 2.76. The first-order valence-electron chi connectivity index (χ1n) is 6.13. The van der Waals surface area contributed by atoms with Crippen LogP contribution in [0.5, 0.6) is 0 Å². The molecule has 0 aliphatic heterocycles. The van der Waals surface area contributed by atoms with Crippen molar-refractivity contribution < 1.29 is 9.53 Å². The highest BCUT2D eigenvalue weighted by Crippen LogP contribution is 2.22. The highest BCUT2D eigenvalue weighted by Gasteiger charge is 2.20. The molecular weight excluding hydrogens is 330 g/mol. The molecule has 0 aliphatic rings. The third-order valence-electron chi connectivity index (χ3n) is 2.34. The molecule has 1 amide bonds. The zero-order chi connectivity index (χ0) is 14.5. The van der Waals surface area contributed by atoms with E-state index in [1.807, 2.05) is 45.0 Å². The first kappa shape index (κ1) is 16.3. The molecule has 106 valence electrons. The third-order valence-corrected chi connectivity index (χ3v) is 3.03. The minimum Gasteiger partial charge on any atom is -0.444 e. The second-order valence-corrected chi connectivity index (χ2v) is 6.46. The molecular formula is C14H19BrClNO2. The van der Waals surface area contributed by atoms with E-state index in [0.717, 1.165) is 17.3 Å². The van der Waals surface area contributed by atoms with E-state index in [2.05, 4.69) is 21.2 Å². The number of hydrogen-bond donors (Lipinski definition) is 1. The van der Waals surface area contributed by atoms with Crippen molar-refractivity contribution in [3.05, 3.63) is 34.9 Å². The number of rotatable bonds is 4. The number of alkyl carbamates (subject to hydrolysis) is 1. The summed E-state index contributed by atoms with van der Waals surface area (Å²) in [5, 5.41) is 4.30. The van der Waals surface area contributed by atoms with Crippen LogP contribution in [0.2, 0.25) is 5.02 Å². The summed E-state index contributed by atoms with van der Waals surface area (Å²) < 4.78 is 5.27. The number of carbonyl (C=O) groups excluding carboxylic acids is 1. The number of nitrogens with one attached hydrogen (secondary N) is 1. The lowest BCUT2D eigenvalue weighted by Crippen LogP contribution is -2.35. The zero-order valence-corrected chi connectivity index (χ0v) is 13.7. The second kappa shape index (κ2) is 7.15. The largest absolute Gasteiger partial charge is 0.444 e. The molecule has 19 heavy (non-hydrogen) atoms. The van der Waals surface area contributed by atoms with Crippen LogP contribution in [0.25, 0.3) is 0 Å². The monoisotopic (exact) mass is 347 g/mol. The second-order valence-electron chi connectivity index (χ2n) is 5.23. The Bertz CT molecular complexity index is 432. The van der Waals surface area contributed by atoms with Crippen LogP contribution in [0.15, 0.2) is 24.3 Å². The SMILES string of the molecule is CC(C)(C)OC(=O)NC(CCBr)c1cccc(Cl)c1. The van der Waals surface area contributed by atoms with E-state index in [-0.39, 0.29) is 6.04 Å². The van der Waals surface area contributed by atoms with Crippen LogP contribution in [-0.4, -0.2) is 17.0 Å². The predicted octanol–water partition coefficient (Wildman–Crippen LogP) is 4.69. The molecule has 0 radical (unpaired) electrons. The van der Waals surface area contributed by atoms with Gasteiger partial charge < -0.3 is 10.1 Å². The molecule has 0 fully saturated rings. The summed E-state index contributed by atoms with van der Waals surface area (Å²) in [7, 11) is 0. The molecule has 0 heterocycles. The van der Waals surface area contributed by atoms with Crippen LogP contribution in [0.1, 0.15) is 38.8 Å². The molecule has 0 saturated heterocycles. The number of ether oxygens (including phenoxy) is 1. The van der Waals surface area contributed by atoms with Gasteiger partial charge in [0.1, 0.15) is 5.60 Å². The van der Waals surface area contributed by atoms with Gasteiger partial charge in [-0.2, -0.15) is 0 Å². The van der Waals surface area contributed by atoms with Crippen molar-refractivity contribution in [1.29, 1.82) is 0 Å². The van der Waals surface area contributed by atoms with E-state index in [9.17, 15) is 4.79 Å². The average molecular weight is 349 g/mol. The molecule has 1 atom stereocenters. The quantitative estimate of drug-likeness (QED) is 0.802. The highest BCUT2D eigenvalue weighted by molar-refractivity contribution is 9.09. The van der Waals surface area contributed by atoms with Crippen LogP contribution < -0.4 is 5.32 Å². The van der Waals surface area contributed by atoms with Crippen molar-refractivity contribution in [2.75, 3.05) is 5.33 Å². The van der Waals surface area contributed by atoms with Crippen molar-refractivity contribution in [2.24, 2.45) is 0 Å². The summed E-state index contributed by atoms with van der Waals surface area (Å²) in [4.78, 5) is 11.8. The fourth-order valence-corrected chi connectivity index (χ4v) is 2.26. The average Bonchev–Trinajstić information content (AvgIpc) is 2.26. The summed E-state index contributed by atoms with van der Waals surface area (Å²) in [6.07, 6.45) is 0.345. The summed E-state index contributed by atoms with van der Waals surface area (Å²) >= 11 is 9.37. The van der Waals surface area contributed by atoms with Crippen LogP contribution in [-0.2, 0) is 4.74 Å². The Hall–Kier alpha value is -0.740. The van der Waals surface area contributed by atoms with E-state index in [0.29, 0.717) is 5.02 Å². The van der Waals surface area contributed by atoms with Gasteiger partial charge >= 0.3 is 6.09 Å². The van der Waals surface area contributed by atoms with E-state index in [4.69, 9.17) is 16.3 Å². The van der Waals surface area contributed by atoms with Crippen molar-refractivity contribution >= 4 is 33.6 Å². The molecule has 1 N–H and O–H groups in total. The fourth-order valence-electron chi connectivity index (χ4n) is 1.60. The fraction of sp³-hybridized carbons (Fsp3) is 0.500. The predicted molar refractivity (Wildman–Crippen MR) is 82.0 cm³/mol. The number of amides is 1. The maximum atomic E-state index is 11.8. The van der Waals surface area contributed by atoms with E-state index >= 15 is 0 Å². The number of halogens is 2. The van der Waals surface area contributed by atoms with Gasteiger partial charge in [0.05, 0.1) is 6.04 Å². The molecule has 0 aromatic heterocycles. The lowest BCUT2D eigenvalue weighted by molar-refractivity contribution is 0.0502. The van der Waals surface area contributed by atoms with Gasteiger partial charge in [0.15, 0.2) is 0 Å². The van der Waals surface area contributed by atoms with Gasteiger partial charge in [0.25, 0.3) is 0 Å². The Kier molecular flexibility index (Phi) is 6.14. The van der Waals surface area contributed by atoms with Gasteiger partial charge in [0, 0.05) is 10.4 Å². The van der Waals surface area contributed by atoms with Crippen LogP contribution >= 0.6 is 27.5 Å². The van der Waals surface area contributed by atoms with Gasteiger partial charge in [-0.3, -0.25) is 0 Å². The van der Waals surface area contributed by atoms with Crippen molar-refractivity contribution in [1.82, 2.24) is 5.32 Å². The van der Waals surface area contributed by atoms with Gasteiger partial charge in [-0.05, 0) is 44.9 Å². The molecule has 0 bridgehead atoms. The molecule has 1 unspecified atom stereocenters. The highest BCUT2D eigenvalue weighted by atomic mass is 79.9. The molecule has 5 heteroatoms. The summed E-state index contributed by atoms with van der Waals surface area (Å²) in [5.41, 5.74) is 0.468. The lowest BCUT2D eigenvalue weighted by atomic mass is 10.1. The number of hydrogen-bond acceptors (Lipinski definition) is 2. The van der Waals surface area contributed by atoms with Crippen molar-refractivity contribution in [2.45, 2.75) is 38.8 Å². The summed E-state index contributed by atoms with van der Waals surface area (Å²) in [6, 6.07) is 7.36. The number of benzene rings is 1. The third kappa shape index (κ3) is 6.30. The van der Waals surface area contributed by atoms with Gasteiger partial charge in [-0.25, -0.2) is 4.79 Å². The van der Waals surface area contributed by atoms with E-state index in [1.54, 1.807) is 0 Å². The first-order chi connectivity index (χ1) is 8.81. The Morgan fingerprint density at radius 1 is 1.47 bits per heavy atom. The van der Waals surface area contributed by atoms with Crippen molar-refractivity contribution in [3.8, 4) is 0 Å². The van der Waals surface area contributed by atoms with Gasteiger partial charge in [0.2, 0.25) is 0 Å². The normalized spacial score (nSPS) is 12.9. The summed E-state index contributed by atoms with van der Waals surface area (Å²) in [5.74, 6) is 0. The van der Waals surface area contributed by atoms with Gasteiger partial charge in [-0.15, -0.1) is 0 Å². The summed E-state index contributed by atoms with van der Waals surface area (Å²) in [6.45, 7) is 5.52. The molecule has 3 nitrogen and oxygen atoms in total. The van der Waals surface area contributed by atoms with Gasteiger partial charge in [-0.1, -0.05) is 39.7 Å². The number of alkyl halides is 1. The molecule has 1 aromatic rings. The smallest absolute Gasteiger partial charge is 0.408 e. The minimum atomic E-state index is -0.503. The molecule has 0 saturated carbocycles. The van der Waals surface area contributed by atoms with Crippen LogP contribution in [0.4, 0.5) is 4.79 Å². The topological polar surface area (TPSA) is 38.3 Å². The molecule has 1 rings (SSSR count). The molecule has 0 aliphatic carbocycles. The van der Waals surface area contributed by atoms with Crippen molar-refractivity contribution in [3.63, 3.8) is 0 Å². The molecule has 1 aromatic carbocycles. The maximum absolute atomic E-state index is 11.8. The minimum absolute atomic E-state index is 0.118. The zero-order valence-electron chi connectivity index (χ0n) is 11.4. The standard InChI is InChI=1S/C14H19BrClNO2/c1-14(2,3)19-13(18)17-12(7-8-15)10-5-4-6-11(16)9-10/h4-6,9,12H,7-8H2,1-3H3,(H,17,18). The first-order valence-corrected chi connectivity index (χ1v) is 7.63. The maximum Gasteiger partial charge on any atom is 0.408 e. The van der Waals surface area contributed by atoms with E-state index < -0.39 is 11.7 Å². The van der Waals surface area contributed by atoms with E-state index in [1.165, 1.54) is 0 Å². The van der Waals surface area contributed by atoms with Crippen LogP contribution in [0, 0.1) is 0 Å².